The molecular weight excluding hydrogens is 504 g/mol. The Labute approximate surface area is 212 Å². The van der Waals surface area contributed by atoms with Crippen LogP contribution in [0.4, 0.5) is 4.79 Å². The summed E-state index contributed by atoms with van der Waals surface area (Å²) in [6.07, 6.45) is -7.46. The van der Waals surface area contributed by atoms with Crippen molar-refractivity contribution in [1.82, 2.24) is 5.32 Å². The van der Waals surface area contributed by atoms with Crippen LogP contribution in [0.5, 0.6) is 0 Å². The van der Waals surface area contributed by atoms with Gasteiger partial charge in [0.25, 0.3) is 0 Å². The van der Waals surface area contributed by atoms with Crippen molar-refractivity contribution in [2.75, 3.05) is 20.3 Å². The van der Waals surface area contributed by atoms with Gasteiger partial charge in [0.15, 0.2) is 12.1 Å². The van der Waals surface area contributed by atoms with Gasteiger partial charge in [-0.2, -0.15) is 0 Å². The van der Waals surface area contributed by atoms with Crippen molar-refractivity contribution in [3.63, 3.8) is 0 Å². The molecule has 16 nitrogen and oxygen atoms in total. The lowest BCUT2D eigenvalue weighted by Crippen LogP contribution is -2.64. The quantitative estimate of drug-likeness (QED) is 0.167. The zero-order chi connectivity index (χ0) is 28.5. The van der Waals surface area contributed by atoms with E-state index in [0.29, 0.717) is 0 Å². The number of hydrogen-bond donors (Lipinski definition) is 1. The highest BCUT2D eigenvalue weighted by molar-refractivity contribution is 5.81. The van der Waals surface area contributed by atoms with Crippen molar-refractivity contribution in [1.29, 1.82) is 0 Å². The molecule has 1 saturated heterocycles. The molecule has 0 aromatic heterocycles. The summed E-state index contributed by atoms with van der Waals surface area (Å²) in [7, 11) is 1.04. The first kappa shape index (κ1) is 31.5. The van der Waals surface area contributed by atoms with Crippen LogP contribution in [0.3, 0.4) is 0 Å². The highest BCUT2D eigenvalue weighted by atomic mass is 16.7. The second-order valence-electron chi connectivity index (χ2n) is 8.82. The molecule has 0 saturated carbocycles. The minimum atomic E-state index is -1.96. The first-order valence-corrected chi connectivity index (χ1v) is 11.0. The van der Waals surface area contributed by atoms with E-state index in [4.69, 9.17) is 28.4 Å². The van der Waals surface area contributed by atoms with E-state index in [0.717, 1.165) is 27.9 Å². The van der Waals surface area contributed by atoms with E-state index in [1.54, 1.807) is 20.8 Å². The van der Waals surface area contributed by atoms with Gasteiger partial charge in [-0.05, 0) is 20.8 Å². The molecule has 0 unspecified atom stereocenters. The highest BCUT2D eigenvalue weighted by Crippen LogP contribution is 2.29. The van der Waals surface area contributed by atoms with Crippen LogP contribution in [0.2, 0.25) is 0 Å². The third-order valence-electron chi connectivity index (χ3n) is 4.52. The second kappa shape index (κ2) is 13.7. The first-order chi connectivity index (χ1) is 17.0. The Bertz CT molecular complexity index is 870. The Hall–Kier alpha value is -3.53. The fourth-order valence-electron chi connectivity index (χ4n) is 3.20. The molecule has 37 heavy (non-hydrogen) atoms. The summed E-state index contributed by atoms with van der Waals surface area (Å²) in [5, 5.41) is 14.2. The number of carbonyl (C=O) groups is 5. The van der Waals surface area contributed by atoms with Crippen LogP contribution in [-0.2, 0) is 52.3 Å². The van der Waals surface area contributed by atoms with E-state index < -0.39 is 90.4 Å². The molecule has 0 aromatic rings. The molecule has 1 aliphatic rings. The van der Waals surface area contributed by atoms with Gasteiger partial charge in [0.1, 0.15) is 18.3 Å². The average molecular weight is 536 g/mol. The van der Waals surface area contributed by atoms with Crippen molar-refractivity contribution in [3.8, 4) is 0 Å². The summed E-state index contributed by atoms with van der Waals surface area (Å²) in [6, 6.07) is -3.44. The van der Waals surface area contributed by atoms with Crippen molar-refractivity contribution in [2.45, 2.75) is 83.8 Å². The molecule has 1 fully saturated rings. The van der Waals surface area contributed by atoms with Crippen LogP contribution in [0.25, 0.3) is 0 Å². The van der Waals surface area contributed by atoms with Gasteiger partial charge >= 0.3 is 36.0 Å². The number of amides is 1. The fraction of sp³-hybridized carbons (Fsp3) is 0.762. The smallest absolute Gasteiger partial charge is 0.408 e. The van der Waals surface area contributed by atoms with Gasteiger partial charge in [-0.25, -0.2) is 9.59 Å². The Balaban J connectivity index is 3.28. The maximum atomic E-state index is 12.2. The Morgan fingerprint density at radius 2 is 1.57 bits per heavy atom. The number of esters is 4. The molecule has 0 spiro atoms. The monoisotopic (exact) mass is 536 g/mol. The van der Waals surface area contributed by atoms with E-state index >= 15 is 0 Å². The molecule has 0 aromatic carbocycles. The standard InChI is InChI=1S/C21H32N2O14/c1-10(24)32-9-14-16(34-11(2)25)17(35-12(3)26)15(23(29)30)19(36-14)33-8-13(18(27)31-7)22-20(28)37-21(4,5)6/h13-17,19H,8-9H2,1-7H3,(H,22,28)/t13-,14+,15+,16-,17+,19+/m0/s1. The Kier molecular flexibility index (Phi) is 11.7. The van der Waals surface area contributed by atoms with Crippen LogP contribution < -0.4 is 5.32 Å². The molecular formula is C21H32N2O14. The van der Waals surface area contributed by atoms with Crippen LogP contribution in [0, 0.1) is 10.1 Å². The molecule has 1 rings (SSSR count). The summed E-state index contributed by atoms with van der Waals surface area (Å²) >= 11 is 0. The minimum absolute atomic E-state index is 0.550. The van der Waals surface area contributed by atoms with E-state index in [1.165, 1.54) is 0 Å². The zero-order valence-electron chi connectivity index (χ0n) is 21.5. The molecule has 6 atom stereocenters. The molecule has 0 bridgehead atoms. The maximum Gasteiger partial charge on any atom is 0.408 e. The summed E-state index contributed by atoms with van der Waals surface area (Å²) in [6.45, 7) is 6.60. The topological polar surface area (TPSA) is 205 Å². The number of nitrogens with one attached hydrogen (secondary N) is 1. The van der Waals surface area contributed by atoms with Crippen molar-refractivity contribution in [2.24, 2.45) is 0 Å². The summed E-state index contributed by atoms with van der Waals surface area (Å²) in [4.78, 5) is 70.2. The van der Waals surface area contributed by atoms with Crippen molar-refractivity contribution < 1.29 is 62.1 Å². The van der Waals surface area contributed by atoms with Gasteiger partial charge in [-0.15, -0.1) is 0 Å². The lowest BCUT2D eigenvalue weighted by atomic mass is 9.96. The fourth-order valence-corrected chi connectivity index (χ4v) is 3.20. The molecule has 1 heterocycles. The largest absolute Gasteiger partial charge is 0.467 e. The number of alkyl carbamates (subject to hydrolysis) is 1. The summed E-state index contributed by atoms with van der Waals surface area (Å²) in [5.41, 5.74) is -0.901. The molecule has 210 valence electrons. The van der Waals surface area contributed by atoms with E-state index in [9.17, 15) is 34.1 Å². The van der Waals surface area contributed by atoms with E-state index in [-0.39, 0.29) is 0 Å². The number of ether oxygens (including phenoxy) is 7. The molecule has 1 amide bonds. The number of methoxy groups -OCH3 is 1. The molecule has 0 aliphatic carbocycles. The Morgan fingerprint density at radius 3 is 2.03 bits per heavy atom. The molecule has 0 radical (unpaired) electrons. The Morgan fingerprint density at radius 1 is 1.00 bits per heavy atom. The van der Waals surface area contributed by atoms with E-state index in [2.05, 4.69) is 10.1 Å². The van der Waals surface area contributed by atoms with Crippen LogP contribution in [-0.4, -0.2) is 97.5 Å². The lowest BCUT2D eigenvalue weighted by Gasteiger charge is -2.41. The van der Waals surface area contributed by atoms with Gasteiger partial charge in [0, 0.05) is 25.7 Å². The van der Waals surface area contributed by atoms with Crippen LogP contribution in [0.1, 0.15) is 41.5 Å². The van der Waals surface area contributed by atoms with Gasteiger partial charge in [0.2, 0.25) is 12.4 Å². The van der Waals surface area contributed by atoms with Crippen LogP contribution >= 0.6 is 0 Å². The molecule has 1 N–H and O–H groups in total. The first-order valence-electron chi connectivity index (χ1n) is 11.0. The van der Waals surface area contributed by atoms with E-state index in [1.807, 2.05) is 0 Å². The number of nitrogens with zero attached hydrogens (tertiary/aromatic N) is 1. The van der Waals surface area contributed by atoms with Gasteiger partial charge in [-0.1, -0.05) is 0 Å². The lowest BCUT2D eigenvalue weighted by molar-refractivity contribution is -0.573. The van der Waals surface area contributed by atoms with Gasteiger partial charge in [0.05, 0.1) is 13.7 Å². The predicted octanol–water partition coefficient (Wildman–Crippen LogP) is -0.134. The third kappa shape index (κ3) is 10.5. The van der Waals surface area contributed by atoms with Crippen LogP contribution in [0.15, 0.2) is 0 Å². The van der Waals surface area contributed by atoms with Gasteiger partial charge in [-0.3, -0.25) is 24.5 Å². The minimum Gasteiger partial charge on any atom is -0.467 e. The van der Waals surface area contributed by atoms with Crippen molar-refractivity contribution in [3.05, 3.63) is 10.1 Å². The molecule has 16 heteroatoms. The highest BCUT2D eigenvalue weighted by Gasteiger charge is 2.57. The summed E-state index contributed by atoms with van der Waals surface area (Å²) < 4.78 is 35.9. The number of rotatable bonds is 10. The van der Waals surface area contributed by atoms with Gasteiger partial charge < -0.3 is 38.5 Å². The zero-order valence-corrected chi connectivity index (χ0v) is 21.5. The normalized spacial score (nSPS) is 24.1. The second-order valence-corrected chi connectivity index (χ2v) is 8.82. The number of nitro groups is 1. The third-order valence-corrected chi connectivity index (χ3v) is 4.52. The van der Waals surface area contributed by atoms with Crippen molar-refractivity contribution >= 4 is 30.0 Å². The number of hydrogen-bond acceptors (Lipinski definition) is 14. The predicted molar refractivity (Wildman–Crippen MR) is 118 cm³/mol. The SMILES string of the molecule is COC(=O)[C@H](CO[C@@H]1O[C@H](COC(C)=O)[C@H](OC(C)=O)[C@H](OC(C)=O)[C@H]1[N+](=O)[O-])NC(=O)OC(C)(C)C. The average Bonchev–Trinajstić information content (AvgIpc) is 2.73. The number of carbonyl (C=O) groups excluding carboxylic acids is 5. The molecule has 1 aliphatic heterocycles. The maximum absolute atomic E-state index is 12.2. The summed E-state index contributed by atoms with van der Waals surface area (Å²) in [5.74, 6) is -3.53.